The number of carbonyl (C=O) groups is 2. The van der Waals surface area contributed by atoms with Gasteiger partial charge in [-0.3, -0.25) is 9.59 Å². The van der Waals surface area contributed by atoms with Crippen LogP contribution in [0.25, 0.3) is 0 Å². The maximum atomic E-state index is 12.0. The fraction of sp³-hybridized carbons (Fsp3) is 0.150. The summed E-state index contributed by atoms with van der Waals surface area (Å²) in [5, 5.41) is 8.81. The second kappa shape index (κ2) is 8.66. The van der Waals surface area contributed by atoms with Gasteiger partial charge in [-0.2, -0.15) is 0 Å². The summed E-state index contributed by atoms with van der Waals surface area (Å²) in [6.07, 6.45) is -0.321. The van der Waals surface area contributed by atoms with Crippen molar-refractivity contribution >= 4 is 23.3 Å². The van der Waals surface area contributed by atoms with Crippen molar-refractivity contribution in [1.82, 2.24) is 5.16 Å². The smallest absolute Gasteiger partial charge is 0.235 e. The van der Waals surface area contributed by atoms with E-state index >= 15 is 0 Å². The van der Waals surface area contributed by atoms with Gasteiger partial charge in [-0.25, -0.2) is 0 Å². The number of aryl methyl sites for hydroxylation is 1. The third-order valence-corrected chi connectivity index (χ3v) is 3.60. The highest BCUT2D eigenvalue weighted by Crippen LogP contribution is 2.17. The van der Waals surface area contributed by atoms with Crippen LogP contribution in [0.15, 0.2) is 65.2 Å². The van der Waals surface area contributed by atoms with E-state index in [0.717, 1.165) is 5.56 Å². The van der Waals surface area contributed by atoms with Crippen LogP contribution in [-0.2, 0) is 16.2 Å². The number of benzene rings is 2. The first kappa shape index (κ1) is 18.2. The topological polar surface area (TPSA) is 93.5 Å². The molecule has 0 aliphatic rings. The molecule has 0 unspecified atom stereocenters. The van der Waals surface area contributed by atoms with Crippen molar-refractivity contribution in [2.24, 2.45) is 0 Å². The summed E-state index contributed by atoms with van der Waals surface area (Å²) in [4.78, 5) is 23.8. The van der Waals surface area contributed by atoms with Gasteiger partial charge in [-0.1, -0.05) is 35.5 Å². The molecule has 0 aliphatic heterocycles. The first-order chi connectivity index (χ1) is 13.1. The minimum Gasteiger partial charge on any atom is -0.489 e. The summed E-state index contributed by atoms with van der Waals surface area (Å²) in [6, 6.07) is 18.4. The average Bonchev–Trinajstić information content (AvgIpc) is 3.06. The quantitative estimate of drug-likeness (QED) is 0.625. The van der Waals surface area contributed by atoms with Crippen LogP contribution in [0.1, 0.15) is 17.7 Å². The summed E-state index contributed by atoms with van der Waals surface area (Å²) in [6.45, 7) is 2.18. The second-order valence-corrected chi connectivity index (χ2v) is 5.89. The average molecular weight is 365 g/mol. The summed E-state index contributed by atoms with van der Waals surface area (Å²) in [5.74, 6) is 0.653. The zero-order valence-corrected chi connectivity index (χ0v) is 14.8. The number of ether oxygens (including phenoxy) is 1. The highest BCUT2D eigenvalue weighted by Gasteiger charge is 2.12. The Hall–Kier alpha value is -3.61. The maximum Gasteiger partial charge on any atom is 0.235 e. The maximum absolute atomic E-state index is 12.0. The predicted octanol–water partition coefficient (Wildman–Crippen LogP) is 3.53. The molecule has 0 bridgehead atoms. The van der Waals surface area contributed by atoms with Crippen LogP contribution in [0.2, 0.25) is 0 Å². The molecular weight excluding hydrogens is 346 g/mol. The number of anilines is 2. The van der Waals surface area contributed by atoms with Crippen molar-refractivity contribution < 1.29 is 18.8 Å². The highest BCUT2D eigenvalue weighted by molar-refractivity contribution is 6.07. The molecule has 7 nitrogen and oxygen atoms in total. The van der Waals surface area contributed by atoms with Gasteiger partial charge in [0.25, 0.3) is 0 Å². The summed E-state index contributed by atoms with van der Waals surface area (Å²) in [7, 11) is 0. The van der Waals surface area contributed by atoms with Crippen molar-refractivity contribution in [2.45, 2.75) is 20.0 Å². The molecule has 1 aromatic heterocycles. The lowest BCUT2D eigenvalue weighted by Gasteiger charge is -2.08. The van der Waals surface area contributed by atoms with E-state index in [1.165, 1.54) is 0 Å². The summed E-state index contributed by atoms with van der Waals surface area (Å²) in [5.41, 5.74) is 1.65. The van der Waals surface area contributed by atoms with E-state index in [0.29, 0.717) is 23.8 Å². The molecule has 0 saturated carbocycles. The standard InChI is InChI=1S/C20H19N3O4/c1-14-11-18(23-27-14)22-20(25)12-19(24)21-16-7-9-17(10-8-16)26-13-15-5-3-2-4-6-15/h2-11H,12-13H2,1H3,(H,21,24)(H,22,23,25). The van der Waals surface area contributed by atoms with E-state index < -0.39 is 11.8 Å². The van der Waals surface area contributed by atoms with Crippen LogP contribution >= 0.6 is 0 Å². The molecule has 0 fully saturated rings. The summed E-state index contributed by atoms with van der Waals surface area (Å²) >= 11 is 0. The van der Waals surface area contributed by atoms with E-state index in [4.69, 9.17) is 9.26 Å². The number of carbonyl (C=O) groups excluding carboxylic acids is 2. The first-order valence-corrected chi connectivity index (χ1v) is 8.38. The van der Waals surface area contributed by atoms with E-state index in [1.807, 2.05) is 30.3 Å². The molecule has 0 spiro atoms. The Labute approximate surface area is 156 Å². The molecule has 2 aromatic carbocycles. The molecule has 0 radical (unpaired) electrons. The van der Waals surface area contributed by atoms with Gasteiger partial charge in [0.15, 0.2) is 5.82 Å². The van der Waals surface area contributed by atoms with Crippen molar-refractivity contribution in [1.29, 1.82) is 0 Å². The van der Waals surface area contributed by atoms with E-state index in [9.17, 15) is 9.59 Å². The van der Waals surface area contributed by atoms with Crippen molar-refractivity contribution in [3.63, 3.8) is 0 Å². The lowest BCUT2D eigenvalue weighted by Crippen LogP contribution is -2.21. The zero-order chi connectivity index (χ0) is 19.1. The van der Waals surface area contributed by atoms with E-state index in [-0.39, 0.29) is 12.2 Å². The van der Waals surface area contributed by atoms with Gasteiger partial charge in [0.05, 0.1) is 0 Å². The number of nitrogens with zero attached hydrogens (tertiary/aromatic N) is 1. The number of amides is 2. The Morgan fingerprint density at radius 3 is 2.37 bits per heavy atom. The van der Waals surface area contributed by atoms with Crippen LogP contribution in [-0.4, -0.2) is 17.0 Å². The van der Waals surface area contributed by atoms with Crippen LogP contribution in [0, 0.1) is 6.92 Å². The summed E-state index contributed by atoms with van der Waals surface area (Å²) < 4.78 is 10.5. The number of hydrogen-bond acceptors (Lipinski definition) is 5. The molecular formula is C20H19N3O4. The molecule has 7 heteroatoms. The van der Waals surface area contributed by atoms with Gasteiger partial charge in [-0.05, 0) is 36.8 Å². The second-order valence-electron chi connectivity index (χ2n) is 5.89. The Kier molecular flexibility index (Phi) is 5.84. The third-order valence-electron chi connectivity index (χ3n) is 3.60. The normalized spacial score (nSPS) is 10.3. The highest BCUT2D eigenvalue weighted by atomic mass is 16.5. The fourth-order valence-electron chi connectivity index (χ4n) is 2.34. The first-order valence-electron chi connectivity index (χ1n) is 8.38. The largest absolute Gasteiger partial charge is 0.489 e. The Morgan fingerprint density at radius 1 is 1.00 bits per heavy atom. The van der Waals surface area contributed by atoms with Crippen LogP contribution in [0.5, 0.6) is 5.75 Å². The van der Waals surface area contributed by atoms with Crippen LogP contribution in [0.3, 0.4) is 0 Å². The predicted molar refractivity (Wildman–Crippen MR) is 100 cm³/mol. The van der Waals surface area contributed by atoms with Gasteiger partial charge in [0.1, 0.15) is 24.5 Å². The Balaban J connectivity index is 1.45. The number of hydrogen-bond donors (Lipinski definition) is 2. The fourth-order valence-corrected chi connectivity index (χ4v) is 2.34. The van der Waals surface area contributed by atoms with Gasteiger partial charge in [0.2, 0.25) is 11.8 Å². The molecule has 1 heterocycles. The number of aromatic nitrogens is 1. The third kappa shape index (κ3) is 5.71. The molecule has 0 saturated heterocycles. The SMILES string of the molecule is Cc1cc(NC(=O)CC(=O)Nc2ccc(OCc3ccccc3)cc2)no1. The lowest BCUT2D eigenvalue weighted by molar-refractivity contribution is -0.123. The molecule has 0 aliphatic carbocycles. The molecule has 2 amide bonds. The van der Waals surface area contributed by atoms with Crippen LogP contribution in [0.4, 0.5) is 11.5 Å². The number of rotatable bonds is 7. The molecule has 3 rings (SSSR count). The van der Waals surface area contributed by atoms with Gasteiger partial charge < -0.3 is 19.9 Å². The van der Waals surface area contributed by atoms with E-state index in [1.54, 1.807) is 37.3 Å². The monoisotopic (exact) mass is 365 g/mol. The minimum absolute atomic E-state index is 0.283. The van der Waals surface area contributed by atoms with Crippen molar-refractivity contribution in [3.8, 4) is 5.75 Å². The van der Waals surface area contributed by atoms with Crippen molar-refractivity contribution in [3.05, 3.63) is 72.0 Å². The van der Waals surface area contributed by atoms with Crippen LogP contribution < -0.4 is 15.4 Å². The minimum atomic E-state index is -0.469. The Morgan fingerprint density at radius 2 is 1.70 bits per heavy atom. The van der Waals surface area contributed by atoms with Crippen molar-refractivity contribution in [2.75, 3.05) is 10.6 Å². The molecule has 27 heavy (non-hydrogen) atoms. The lowest BCUT2D eigenvalue weighted by atomic mass is 10.2. The van der Waals surface area contributed by atoms with Gasteiger partial charge in [-0.15, -0.1) is 0 Å². The molecule has 0 atom stereocenters. The van der Waals surface area contributed by atoms with Gasteiger partial charge in [0, 0.05) is 11.8 Å². The number of nitrogens with one attached hydrogen (secondary N) is 2. The molecule has 3 aromatic rings. The van der Waals surface area contributed by atoms with Gasteiger partial charge >= 0.3 is 0 Å². The molecule has 138 valence electrons. The molecule has 2 N–H and O–H groups in total. The zero-order valence-electron chi connectivity index (χ0n) is 14.8. The van der Waals surface area contributed by atoms with E-state index in [2.05, 4.69) is 15.8 Å². The Bertz CT molecular complexity index is 904.